The minimum atomic E-state index is -3.92. The van der Waals surface area contributed by atoms with Crippen molar-refractivity contribution in [1.82, 2.24) is 14.6 Å². The lowest BCUT2D eigenvalue weighted by atomic mass is 10.0. The Labute approximate surface area is 180 Å². The number of rotatable bonds is 4. The van der Waals surface area contributed by atoms with E-state index in [1.165, 1.54) is 4.31 Å². The molecule has 2 heterocycles. The minimum absolute atomic E-state index is 0.0855. The van der Waals surface area contributed by atoms with Crippen LogP contribution in [0.5, 0.6) is 0 Å². The molecule has 0 bridgehead atoms. The number of ether oxygens (including phenoxy) is 1. The van der Waals surface area contributed by atoms with Gasteiger partial charge in [-0.25, -0.2) is 13.0 Å². The maximum Gasteiger partial charge on any atom is 0.246 e. The normalized spacial score (nSPS) is 17.7. The molecular formula is C23H21N3O4S. The fraction of sp³-hybridized carbons (Fsp3) is 0.217. The third kappa shape index (κ3) is 3.85. The lowest BCUT2D eigenvalue weighted by Crippen LogP contribution is -2.45. The number of hydrogen-bond acceptors (Lipinski definition) is 6. The Balaban J connectivity index is 1.61. The van der Waals surface area contributed by atoms with Gasteiger partial charge in [0, 0.05) is 6.54 Å². The van der Waals surface area contributed by atoms with Crippen LogP contribution in [-0.2, 0) is 34.3 Å². The van der Waals surface area contributed by atoms with Gasteiger partial charge in [-0.3, -0.25) is 0 Å². The van der Waals surface area contributed by atoms with Crippen LogP contribution in [0.3, 0.4) is 0 Å². The molecule has 4 aromatic rings. The van der Waals surface area contributed by atoms with Crippen molar-refractivity contribution in [3.05, 3.63) is 89.5 Å². The first-order valence-corrected chi connectivity index (χ1v) is 11.5. The highest BCUT2D eigenvalue weighted by Crippen LogP contribution is 2.29. The summed E-state index contributed by atoms with van der Waals surface area (Å²) in [5.41, 5.74) is 3.60. The summed E-state index contributed by atoms with van der Waals surface area (Å²) in [6.45, 7) is 0.995. The Morgan fingerprint density at radius 1 is 0.903 bits per heavy atom. The number of hydrogen-bond donors (Lipinski definition) is 0. The second-order valence-electron chi connectivity index (χ2n) is 7.57. The molecule has 1 aromatic heterocycles. The second-order valence-corrected chi connectivity index (χ2v) is 9.42. The summed E-state index contributed by atoms with van der Waals surface area (Å²) in [7, 11) is -3.92. The van der Waals surface area contributed by atoms with Crippen LogP contribution in [0, 0.1) is 0 Å². The van der Waals surface area contributed by atoms with E-state index in [0.717, 1.165) is 16.7 Å². The molecule has 0 amide bonds. The van der Waals surface area contributed by atoms with Gasteiger partial charge in [0.2, 0.25) is 10.0 Å². The molecule has 3 aromatic carbocycles. The SMILES string of the molecule is O=S(=O)(c1cccc2nonc12)N1Cc2ccccc2COCC1Cc1ccccc1. The fourth-order valence-corrected chi connectivity index (χ4v) is 5.71. The molecule has 8 heteroatoms. The van der Waals surface area contributed by atoms with E-state index in [1.807, 2.05) is 54.6 Å². The zero-order valence-corrected chi connectivity index (χ0v) is 17.5. The van der Waals surface area contributed by atoms with Gasteiger partial charge in [0.15, 0.2) is 5.52 Å². The van der Waals surface area contributed by atoms with E-state index < -0.39 is 10.0 Å². The standard InChI is InChI=1S/C23H21N3O4S/c27-31(28,22-12-6-11-21-23(22)25-30-24-21)26-14-18-9-4-5-10-19(18)15-29-16-20(26)13-17-7-2-1-3-8-17/h1-12,20H,13-16H2. The minimum Gasteiger partial charge on any atom is -0.375 e. The van der Waals surface area contributed by atoms with Gasteiger partial charge < -0.3 is 4.74 Å². The molecule has 0 saturated carbocycles. The van der Waals surface area contributed by atoms with E-state index in [0.29, 0.717) is 18.5 Å². The van der Waals surface area contributed by atoms with Crippen LogP contribution in [0.4, 0.5) is 0 Å². The summed E-state index contributed by atoms with van der Waals surface area (Å²) in [5.74, 6) is 0. The van der Waals surface area contributed by atoms with Crippen LogP contribution in [-0.4, -0.2) is 35.7 Å². The number of nitrogens with zero attached hydrogens (tertiary/aromatic N) is 3. The highest BCUT2D eigenvalue weighted by molar-refractivity contribution is 7.89. The molecule has 0 fully saturated rings. The number of fused-ring (bicyclic) bond motifs is 2. The van der Waals surface area contributed by atoms with Crippen LogP contribution in [0.25, 0.3) is 11.0 Å². The van der Waals surface area contributed by atoms with Crippen LogP contribution >= 0.6 is 0 Å². The van der Waals surface area contributed by atoms with E-state index in [2.05, 4.69) is 10.3 Å². The smallest absolute Gasteiger partial charge is 0.246 e. The zero-order chi connectivity index (χ0) is 21.3. The van der Waals surface area contributed by atoms with Crippen molar-refractivity contribution in [2.45, 2.75) is 30.5 Å². The first-order valence-electron chi connectivity index (χ1n) is 10.0. The van der Waals surface area contributed by atoms with E-state index in [4.69, 9.17) is 9.37 Å². The molecule has 0 N–H and O–H groups in total. The van der Waals surface area contributed by atoms with Crippen LogP contribution in [0.1, 0.15) is 16.7 Å². The van der Waals surface area contributed by atoms with Crippen molar-refractivity contribution >= 4 is 21.1 Å². The van der Waals surface area contributed by atoms with E-state index in [-0.39, 0.29) is 29.6 Å². The van der Waals surface area contributed by atoms with Crippen molar-refractivity contribution in [1.29, 1.82) is 0 Å². The quantitative estimate of drug-likeness (QED) is 0.487. The number of sulfonamides is 1. The largest absolute Gasteiger partial charge is 0.375 e. The van der Waals surface area contributed by atoms with Crippen LogP contribution in [0.2, 0.25) is 0 Å². The molecule has 1 aliphatic heterocycles. The van der Waals surface area contributed by atoms with Crippen LogP contribution < -0.4 is 0 Å². The monoisotopic (exact) mass is 435 g/mol. The second kappa shape index (κ2) is 8.22. The van der Waals surface area contributed by atoms with E-state index in [9.17, 15) is 8.42 Å². The van der Waals surface area contributed by atoms with Crippen molar-refractivity contribution in [3.63, 3.8) is 0 Å². The molecule has 1 unspecified atom stereocenters. The summed E-state index contributed by atoms with van der Waals surface area (Å²) in [5, 5.41) is 7.65. The molecule has 0 spiro atoms. The Morgan fingerprint density at radius 3 is 2.52 bits per heavy atom. The van der Waals surface area contributed by atoms with Gasteiger partial charge in [-0.15, -0.1) is 0 Å². The van der Waals surface area contributed by atoms with E-state index in [1.54, 1.807) is 18.2 Å². The highest BCUT2D eigenvalue weighted by Gasteiger charge is 2.35. The first-order chi connectivity index (χ1) is 15.1. The van der Waals surface area contributed by atoms with E-state index >= 15 is 0 Å². The topological polar surface area (TPSA) is 85.5 Å². The molecule has 7 nitrogen and oxygen atoms in total. The van der Waals surface area contributed by atoms with Gasteiger partial charge >= 0.3 is 0 Å². The predicted octanol–water partition coefficient (Wildman–Crippen LogP) is 3.56. The molecular weight excluding hydrogens is 414 g/mol. The van der Waals surface area contributed by atoms with Gasteiger partial charge in [0.25, 0.3) is 0 Å². The van der Waals surface area contributed by atoms with Crippen molar-refractivity contribution in [3.8, 4) is 0 Å². The third-order valence-electron chi connectivity index (χ3n) is 5.57. The van der Waals surface area contributed by atoms with Gasteiger partial charge in [-0.05, 0) is 45.6 Å². The average Bonchev–Trinajstić information content (AvgIpc) is 3.25. The van der Waals surface area contributed by atoms with Crippen molar-refractivity contribution < 1.29 is 17.8 Å². The highest BCUT2D eigenvalue weighted by atomic mass is 32.2. The lowest BCUT2D eigenvalue weighted by Gasteiger charge is -2.33. The molecule has 0 saturated heterocycles. The maximum absolute atomic E-state index is 13.9. The van der Waals surface area contributed by atoms with Crippen LogP contribution in [0.15, 0.2) is 82.3 Å². The molecule has 0 radical (unpaired) electrons. The summed E-state index contributed by atoms with van der Waals surface area (Å²) in [6, 6.07) is 22.1. The van der Waals surface area contributed by atoms with Gasteiger partial charge in [0.1, 0.15) is 10.4 Å². The zero-order valence-electron chi connectivity index (χ0n) is 16.7. The summed E-state index contributed by atoms with van der Waals surface area (Å²) < 4.78 is 40.2. The Morgan fingerprint density at radius 2 is 1.68 bits per heavy atom. The maximum atomic E-state index is 13.9. The van der Waals surface area contributed by atoms with Gasteiger partial charge in [-0.2, -0.15) is 4.31 Å². The van der Waals surface area contributed by atoms with Crippen molar-refractivity contribution in [2.75, 3.05) is 6.61 Å². The molecule has 1 atom stereocenters. The molecule has 1 aliphatic rings. The third-order valence-corrected chi connectivity index (χ3v) is 7.50. The summed E-state index contributed by atoms with van der Waals surface area (Å²) in [4.78, 5) is 0.0855. The Bertz CT molecular complexity index is 1300. The van der Waals surface area contributed by atoms with Gasteiger partial charge in [-0.1, -0.05) is 60.7 Å². The molecule has 158 valence electrons. The molecule has 31 heavy (non-hydrogen) atoms. The predicted molar refractivity (Wildman–Crippen MR) is 115 cm³/mol. The number of aromatic nitrogens is 2. The number of benzene rings is 3. The lowest BCUT2D eigenvalue weighted by molar-refractivity contribution is 0.0674. The Kier molecular flexibility index (Phi) is 5.27. The molecule has 0 aliphatic carbocycles. The Hall–Kier alpha value is -3.07. The average molecular weight is 436 g/mol. The first kappa shape index (κ1) is 19.9. The fourth-order valence-electron chi connectivity index (χ4n) is 3.98. The van der Waals surface area contributed by atoms with Gasteiger partial charge in [0.05, 0.1) is 19.3 Å². The molecule has 5 rings (SSSR count). The summed E-state index contributed by atoms with van der Waals surface area (Å²) >= 11 is 0. The van der Waals surface area contributed by atoms with Crippen molar-refractivity contribution in [2.24, 2.45) is 0 Å². The summed E-state index contributed by atoms with van der Waals surface area (Å²) in [6.07, 6.45) is 0.537.